The first-order chi connectivity index (χ1) is 67.5. The molecule has 0 aliphatic carbocycles. The number of esters is 1. The molecule has 12 N–H and O–H groups in total. The minimum atomic E-state index is -1.79. The number of phenolic OH excluding ortho intramolecular Hbond substituents is 1. The average molecular weight is 2000 g/mol. The number of imidazole rings is 2. The first kappa shape index (κ1) is 122. The minimum Gasteiger partial charge on any atom is -0.503 e. The van der Waals surface area contributed by atoms with E-state index in [9.17, 15) is 44.7 Å². The zero-order chi connectivity index (χ0) is 101. The molecule has 0 unspecified atom stereocenters. The maximum atomic E-state index is 13.5. The molecule has 0 bridgehead atoms. The summed E-state index contributed by atoms with van der Waals surface area (Å²) in [6.45, 7) is 37.1. The van der Waals surface area contributed by atoms with Gasteiger partial charge in [-0.15, -0.1) is 0 Å². The van der Waals surface area contributed by atoms with Crippen molar-refractivity contribution in [1.29, 1.82) is 0 Å². The summed E-state index contributed by atoms with van der Waals surface area (Å²) in [5.74, 6) is -15.9. The summed E-state index contributed by atoms with van der Waals surface area (Å²) in [6, 6.07) is 11.2. The Morgan fingerprint density at radius 1 is 0.331 bits per heavy atom. The number of carboxylic acids is 1. The normalized spacial score (nSPS) is 11.4. The molecule has 0 aliphatic heterocycles. The molecule has 0 saturated carbocycles. The molecule has 4 aromatic heterocycles. The number of carbonyl (C=O) groups is 2. The molecule has 4 aromatic carbocycles. The molecule has 8 rings (SSSR count). The summed E-state index contributed by atoms with van der Waals surface area (Å²) >= 11 is 0. The van der Waals surface area contributed by atoms with Crippen LogP contribution in [-0.2, 0) is 117 Å². The van der Waals surface area contributed by atoms with Crippen LogP contribution in [0, 0.1) is 46.5 Å². The van der Waals surface area contributed by atoms with Gasteiger partial charge in [0, 0.05) is 60.2 Å². The highest BCUT2D eigenvalue weighted by Gasteiger charge is 2.24. The molecule has 8 aromatic rings. The summed E-state index contributed by atoms with van der Waals surface area (Å²) < 4.78 is 214. The molecule has 0 amide bonds. The number of aromatic amines is 2. The number of phenols is 1. The number of fused-ring (bicyclic) bond motifs is 6. The molecular formula is C94H146F8N12O25. The largest absolute Gasteiger partial charge is 0.503 e. The predicted octanol–water partition coefficient (Wildman–Crippen LogP) is 11.2. The van der Waals surface area contributed by atoms with Crippen molar-refractivity contribution < 1.29 is 154 Å². The number of halogens is 8. The van der Waals surface area contributed by atoms with Crippen molar-refractivity contribution in [2.75, 3.05) is 326 Å². The summed E-state index contributed by atoms with van der Waals surface area (Å²) in [7, 11) is 0. The van der Waals surface area contributed by atoms with Crippen LogP contribution in [0.4, 0.5) is 58.1 Å². The van der Waals surface area contributed by atoms with Crippen molar-refractivity contribution in [3.8, 4) is 11.5 Å². The second-order valence-corrected chi connectivity index (χ2v) is 29.9. The van der Waals surface area contributed by atoms with Crippen molar-refractivity contribution in [2.45, 2.75) is 92.9 Å². The number of aliphatic carboxylic acids is 1. The predicted molar refractivity (Wildman–Crippen MR) is 506 cm³/mol. The van der Waals surface area contributed by atoms with Gasteiger partial charge < -0.3 is 152 Å². The number of aryl methyl sites for hydroxylation is 2. The molecule has 45 heteroatoms. The van der Waals surface area contributed by atoms with Crippen LogP contribution in [0.15, 0.2) is 48.5 Å². The fraction of sp³-hybridized carbons (Fsp3) is 0.638. The Balaban J connectivity index is 0.000000395. The van der Waals surface area contributed by atoms with Crippen molar-refractivity contribution in [3.05, 3.63) is 107 Å². The molecule has 37 nitrogen and oxygen atoms in total. The third kappa shape index (κ3) is 54.8. The number of nitrogens with zero attached hydrogens (tertiary/aromatic N) is 6. The van der Waals surface area contributed by atoms with Crippen molar-refractivity contribution in [2.24, 2.45) is 0 Å². The average Bonchev–Trinajstić information content (AvgIpc) is 1.62. The number of rotatable bonds is 77. The van der Waals surface area contributed by atoms with Crippen LogP contribution in [0.5, 0.6) is 11.5 Å². The first-order valence-corrected chi connectivity index (χ1v) is 47.0. The maximum absolute atomic E-state index is 13.5. The zero-order valence-electron chi connectivity index (χ0n) is 81.1. The monoisotopic (exact) mass is 2000 g/mol. The number of likely N-dealkylation sites (N-methyl/N-ethyl adjacent to an activating group) is 2. The van der Waals surface area contributed by atoms with Gasteiger partial charge in [0.25, 0.3) is 0 Å². The minimum absolute atomic E-state index is 0.00155. The van der Waals surface area contributed by atoms with Gasteiger partial charge in [0.2, 0.25) is 29.0 Å². The maximum Gasteiger partial charge on any atom is 0.313 e. The molecule has 0 saturated heterocycles. The molecule has 139 heavy (non-hydrogen) atoms. The molecule has 0 spiro atoms. The van der Waals surface area contributed by atoms with Crippen molar-refractivity contribution in [1.82, 2.24) is 39.7 Å². The van der Waals surface area contributed by atoms with Crippen LogP contribution < -0.4 is 27.7 Å². The van der Waals surface area contributed by atoms with Crippen LogP contribution in [0.1, 0.15) is 91.7 Å². The fourth-order valence-electron chi connectivity index (χ4n) is 11.9. The van der Waals surface area contributed by atoms with Gasteiger partial charge in [0.1, 0.15) is 45.4 Å². The van der Waals surface area contributed by atoms with Crippen LogP contribution in [0.25, 0.3) is 43.9 Å². The van der Waals surface area contributed by atoms with Gasteiger partial charge in [0.05, 0.1) is 288 Å². The number of nitrogen functional groups attached to an aromatic ring is 4. The van der Waals surface area contributed by atoms with Gasteiger partial charge in [-0.1, -0.05) is 54.4 Å². The molecule has 4 heterocycles. The van der Waals surface area contributed by atoms with E-state index in [4.69, 9.17) is 128 Å². The SMILES string of the molecule is CCCCc1nc2c([nH]1)c(N)nc1ccc(N)cc12.CCCCc1nc2c([nH]1)c(N)nc1ccc(N)cc12.CCN(CC)CCOCCOCCOCCOCCOCCOCCOCCOCCOCCOCCC(=O)O.CCN(CC)CCOCCOCCOCCOCCOCCOCCOCCOCCOCCOCCC(=O)Oc1c(F)c(F)cc(F)c1F.Oc1c(F)c(F)cc(F)c1F. The topological polar surface area (TPSA) is 462 Å². The summed E-state index contributed by atoms with van der Waals surface area (Å²) in [5.41, 5.74) is 30.1. The second-order valence-electron chi connectivity index (χ2n) is 29.9. The highest BCUT2D eigenvalue weighted by atomic mass is 19.2. The van der Waals surface area contributed by atoms with Gasteiger partial charge in [0.15, 0.2) is 29.0 Å². The number of anilines is 4. The van der Waals surface area contributed by atoms with Crippen LogP contribution >= 0.6 is 0 Å². The van der Waals surface area contributed by atoms with E-state index in [1.807, 2.05) is 36.4 Å². The number of unbranched alkanes of at least 4 members (excludes halogenated alkanes) is 2. The third-order valence-corrected chi connectivity index (χ3v) is 19.5. The van der Waals surface area contributed by atoms with E-state index >= 15 is 0 Å². The standard InChI is InChI=1S/C33H55F4NO12.C27H55NO12.2C14H17N5.C6H2F4O/c1-3-38(4-2)6-8-41-10-12-43-14-16-45-18-20-47-22-24-49-26-25-48-23-21-46-19-17-44-15-13-42-11-9-40-7-5-30(39)50-33-31(36)28(34)27-29(35)32(33)37;1-3-28(4-2)6-8-32-10-12-34-14-16-36-18-20-38-22-24-40-26-25-39-23-21-37-19-17-35-15-13-33-11-9-31-7-5-27(29)30;2*1-2-3-4-11-18-12-9-7-8(15)5-6-10(9)17-14(16)13(12)19-11;7-2-1-3(8)5(10)6(11)4(2)9/h27H,3-26H2,1-2H3;3-26H2,1-2H3,(H,29,30);2*5-7H,2-4,15H2,1H3,(H2,16,17)(H,18,19);1,11H. The van der Waals surface area contributed by atoms with Gasteiger partial charge in [-0.25, -0.2) is 37.5 Å². The molecular weight excluding hydrogens is 1850 g/mol. The number of benzene rings is 4. The second kappa shape index (κ2) is 78.7. The van der Waals surface area contributed by atoms with E-state index in [-0.39, 0.29) is 45.0 Å². The zero-order valence-corrected chi connectivity index (χ0v) is 81.1. The van der Waals surface area contributed by atoms with E-state index in [1.165, 1.54) is 0 Å². The lowest BCUT2D eigenvalue weighted by Crippen LogP contribution is -2.27. The number of hydrogen-bond acceptors (Lipinski definition) is 34. The number of aromatic hydroxyl groups is 1. The van der Waals surface area contributed by atoms with Crippen LogP contribution in [-0.4, -0.2) is 365 Å². The molecule has 788 valence electrons. The number of hydrogen-bond donors (Lipinski definition) is 8. The Kier molecular flexibility index (Phi) is 69.3. The van der Waals surface area contributed by atoms with Gasteiger partial charge in [-0.2, -0.15) is 17.6 Å². The number of aromatic nitrogens is 6. The van der Waals surface area contributed by atoms with Crippen molar-refractivity contribution >= 4 is 78.8 Å². The highest BCUT2D eigenvalue weighted by molar-refractivity contribution is 6.08. The molecule has 0 aliphatic rings. The van der Waals surface area contributed by atoms with E-state index in [0.717, 1.165) is 147 Å². The van der Waals surface area contributed by atoms with Gasteiger partial charge in [-0.3, -0.25) is 9.59 Å². The quantitative estimate of drug-likeness (QED) is 0.00438. The summed E-state index contributed by atoms with van der Waals surface area (Å²) in [5, 5.41) is 18.7. The van der Waals surface area contributed by atoms with Crippen LogP contribution in [0.3, 0.4) is 0 Å². The number of carbonyl (C=O) groups excluding carboxylic acids is 1. The molecule has 0 fully saturated rings. The lowest BCUT2D eigenvalue weighted by Gasteiger charge is -2.17. The number of ether oxygens (including phenoxy) is 21. The molecule has 0 radical (unpaired) electrons. The number of nitrogens with one attached hydrogen (secondary N) is 2. The smallest absolute Gasteiger partial charge is 0.313 e. The Morgan fingerprint density at radius 2 is 0.576 bits per heavy atom. The van der Waals surface area contributed by atoms with E-state index < -0.39 is 76.4 Å². The van der Waals surface area contributed by atoms with E-state index in [1.54, 1.807) is 0 Å². The Labute approximate surface area is 807 Å². The lowest BCUT2D eigenvalue weighted by atomic mass is 10.1. The summed E-state index contributed by atoms with van der Waals surface area (Å²) in [4.78, 5) is 51.2. The Morgan fingerprint density at radius 3 is 0.827 bits per heavy atom. The number of H-pyrrole nitrogens is 2. The summed E-state index contributed by atoms with van der Waals surface area (Å²) in [6.07, 6.45) is 5.94. The fourth-order valence-corrected chi connectivity index (χ4v) is 11.9. The number of nitrogens with two attached hydrogens (primary N) is 4. The Hall–Kier alpha value is -8.86. The van der Waals surface area contributed by atoms with Crippen molar-refractivity contribution in [3.63, 3.8) is 0 Å². The highest BCUT2D eigenvalue weighted by Crippen LogP contribution is 2.31. The number of carboxylic acid groups (broad SMARTS) is 1. The van der Waals surface area contributed by atoms with Gasteiger partial charge in [-0.05, 0) is 75.4 Å². The lowest BCUT2D eigenvalue weighted by molar-refractivity contribution is -0.138. The first-order valence-electron chi connectivity index (χ1n) is 47.0. The Bertz CT molecular complexity index is 4360. The van der Waals surface area contributed by atoms with Crippen LogP contribution in [0.2, 0.25) is 0 Å². The van der Waals surface area contributed by atoms with E-state index in [0.29, 0.717) is 248 Å². The van der Waals surface area contributed by atoms with E-state index in [2.05, 4.69) is 86.0 Å². The number of pyridine rings is 2. The molecule has 0 atom stereocenters. The third-order valence-electron chi connectivity index (χ3n) is 19.5. The van der Waals surface area contributed by atoms with Gasteiger partial charge >= 0.3 is 11.9 Å².